The highest BCUT2D eigenvalue weighted by atomic mass is 16.2. The maximum absolute atomic E-state index is 9.02. The van der Waals surface area contributed by atoms with Crippen molar-refractivity contribution in [2.24, 2.45) is 0 Å². The van der Waals surface area contributed by atoms with Crippen LogP contribution in [0.4, 0.5) is 5.82 Å². The van der Waals surface area contributed by atoms with Crippen LogP contribution in [0.2, 0.25) is 0 Å². The second-order valence-electron chi connectivity index (χ2n) is 5.86. The van der Waals surface area contributed by atoms with Gasteiger partial charge in [0.2, 0.25) is 0 Å². The van der Waals surface area contributed by atoms with Crippen molar-refractivity contribution < 1.29 is 5.11 Å². The number of nitrogens with zero attached hydrogens (tertiary/aromatic N) is 2. The SMILES string of the molecule is Nc1nc2ccccc2cc1CN1CCCC1CCCO. The monoisotopic (exact) mass is 285 g/mol. The van der Waals surface area contributed by atoms with Crippen LogP contribution in [0.5, 0.6) is 0 Å². The molecule has 1 aliphatic rings. The van der Waals surface area contributed by atoms with Gasteiger partial charge in [0.1, 0.15) is 5.82 Å². The molecule has 4 nitrogen and oxygen atoms in total. The molecule has 3 rings (SSSR count). The van der Waals surface area contributed by atoms with Gasteiger partial charge >= 0.3 is 0 Å². The van der Waals surface area contributed by atoms with Gasteiger partial charge in [-0.3, -0.25) is 4.90 Å². The predicted octanol–water partition coefficient (Wildman–Crippen LogP) is 2.55. The largest absolute Gasteiger partial charge is 0.396 e. The van der Waals surface area contributed by atoms with Crippen LogP contribution >= 0.6 is 0 Å². The van der Waals surface area contributed by atoms with Crippen LogP contribution in [0, 0.1) is 0 Å². The smallest absolute Gasteiger partial charge is 0.128 e. The zero-order valence-corrected chi connectivity index (χ0v) is 12.3. The number of fused-ring (bicyclic) bond motifs is 1. The summed E-state index contributed by atoms with van der Waals surface area (Å²) in [5.41, 5.74) is 8.20. The number of likely N-dealkylation sites (tertiary alicyclic amines) is 1. The van der Waals surface area contributed by atoms with Gasteiger partial charge in [0, 0.05) is 30.1 Å². The number of benzene rings is 1. The molecule has 1 aromatic heterocycles. The number of aromatic nitrogens is 1. The highest BCUT2D eigenvalue weighted by Crippen LogP contribution is 2.26. The lowest BCUT2D eigenvalue weighted by atomic mass is 10.1. The van der Waals surface area contributed by atoms with E-state index < -0.39 is 0 Å². The number of anilines is 1. The number of nitrogen functional groups attached to an aromatic ring is 1. The molecular formula is C17H23N3O. The second kappa shape index (κ2) is 6.41. The van der Waals surface area contributed by atoms with Gasteiger partial charge in [0.05, 0.1) is 5.52 Å². The van der Waals surface area contributed by atoms with Gasteiger partial charge in [0.15, 0.2) is 0 Å². The van der Waals surface area contributed by atoms with E-state index >= 15 is 0 Å². The minimum Gasteiger partial charge on any atom is -0.396 e. The fourth-order valence-electron chi connectivity index (χ4n) is 3.28. The van der Waals surface area contributed by atoms with Crippen molar-refractivity contribution in [3.8, 4) is 0 Å². The molecule has 4 heteroatoms. The summed E-state index contributed by atoms with van der Waals surface area (Å²) in [4.78, 5) is 7.00. The Kier molecular flexibility index (Phi) is 4.36. The molecule has 0 bridgehead atoms. The van der Waals surface area contributed by atoms with Gasteiger partial charge in [-0.15, -0.1) is 0 Å². The van der Waals surface area contributed by atoms with Gasteiger partial charge < -0.3 is 10.8 Å². The minimum atomic E-state index is 0.282. The standard InChI is InChI=1S/C17H23N3O/c18-17-14(11-13-5-1-2-8-16(13)19-17)12-20-9-3-6-15(20)7-4-10-21/h1-2,5,8,11,15,21H,3-4,6-7,9-10,12H2,(H2,18,19). The number of hydrogen-bond acceptors (Lipinski definition) is 4. The summed E-state index contributed by atoms with van der Waals surface area (Å²) in [6, 6.07) is 10.8. The van der Waals surface area contributed by atoms with Crippen molar-refractivity contribution in [2.75, 3.05) is 18.9 Å². The lowest BCUT2D eigenvalue weighted by Gasteiger charge is -2.24. The van der Waals surface area contributed by atoms with Crippen LogP contribution in [-0.4, -0.2) is 34.2 Å². The maximum Gasteiger partial charge on any atom is 0.128 e. The Morgan fingerprint density at radius 2 is 2.19 bits per heavy atom. The van der Waals surface area contributed by atoms with Crippen molar-refractivity contribution in [3.63, 3.8) is 0 Å². The highest BCUT2D eigenvalue weighted by Gasteiger charge is 2.24. The molecular weight excluding hydrogens is 262 g/mol. The molecule has 3 N–H and O–H groups in total. The van der Waals surface area contributed by atoms with E-state index in [0.717, 1.165) is 42.4 Å². The lowest BCUT2D eigenvalue weighted by Crippen LogP contribution is -2.29. The van der Waals surface area contributed by atoms with Crippen LogP contribution in [0.3, 0.4) is 0 Å². The van der Waals surface area contributed by atoms with Gasteiger partial charge in [-0.1, -0.05) is 18.2 Å². The molecule has 21 heavy (non-hydrogen) atoms. The van der Waals surface area contributed by atoms with E-state index in [1.807, 2.05) is 18.2 Å². The predicted molar refractivity (Wildman–Crippen MR) is 85.9 cm³/mol. The molecule has 0 aliphatic carbocycles. The summed E-state index contributed by atoms with van der Waals surface area (Å²) in [5, 5.41) is 10.2. The van der Waals surface area contributed by atoms with E-state index in [9.17, 15) is 0 Å². The third-order valence-electron chi connectivity index (χ3n) is 4.40. The summed E-state index contributed by atoms with van der Waals surface area (Å²) >= 11 is 0. The van der Waals surface area contributed by atoms with E-state index in [1.165, 1.54) is 12.8 Å². The Balaban J connectivity index is 1.79. The van der Waals surface area contributed by atoms with E-state index in [0.29, 0.717) is 11.9 Å². The van der Waals surface area contributed by atoms with E-state index in [1.54, 1.807) is 0 Å². The number of rotatable bonds is 5. The Morgan fingerprint density at radius 1 is 1.33 bits per heavy atom. The Bertz CT molecular complexity index is 614. The van der Waals surface area contributed by atoms with Crippen molar-refractivity contribution in [1.82, 2.24) is 9.88 Å². The maximum atomic E-state index is 9.02. The van der Waals surface area contributed by atoms with E-state index in [4.69, 9.17) is 10.8 Å². The summed E-state index contributed by atoms with van der Waals surface area (Å²) in [6.07, 6.45) is 4.40. The quantitative estimate of drug-likeness (QED) is 0.886. The van der Waals surface area contributed by atoms with Gasteiger partial charge in [-0.05, 0) is 44.4 Å². The summed E-state index contributed by atoms with van der Waals surface area (Å²) < 4.78 is 0. The molecule has 1 saturated heterocycles. The molecule has 2 heterocycles. The molecule has 1 fully saturated rings. The molecule has 1 atom stereocenters. The highest BCUT2D eigenvalue weighted by molar-refractivity contribution is 5.81. The van der Waals surface area contributed by atoms with Crippen LogP contribution in [0.25, 0.3) is 10.9 Å². The molecule has 0 saturated carbocycles. The number of hydrogen-bond donors (Lipinski definition) is 2. The first-order valence-electron chi connectivity index (χ1n) is 7.77. The van der Waals surface area contributed by atoms with Crippen molar-refractivity contribution in [1.29, 1.82) is 0 Å². The fraction of sp³-hybridized carbons (Fsp3) is 0.471. The van der Waals surface area contributed by atoms with E-state index in [-0.39, 0.29) is 6.61 Å². The Hall–Kier alpha value is -1.65. The van der Waals surface area contributed by atoms with Crippen molar-refractivity contribution in [3.05, 3.63) is 35.9 Å². The first kappa shape index (κ1) is 14.3. The first-order chi connectivity index (χ1) is 10.3. The minimum absolute atomic E-state index is 0.282. The van der Waals surface area contributed by atoms with Crippen LogP contribution in [-0.2, 0) is 6.54 Å². The number of para-hydroxylation sites is 1. The fourth-order valence-corrected chi connectivity index (χ4v) is 3.28. The normalized spacial score (nSPS) is 19.4. The average Bonchev–Trinajstić information content (AvgIpc) is 2.93. The third kappa shape index (κ3) is 3.17. The molecule has 0 spiro atoms. The summed E-state index contributed by atoms with van der Waals surface area (Å²) in [7, 11) is 0. The molecule has 1 unspecified atom stereocenters. The van der Waals surface area contributed by atoms with Crippen LogP contribution in [0.15, 0.2) is 30.3 Å². The van der Waals surface area contributed by atoms with Gasteiger partial charge in [0.25, 0.3) is 0 Å². The van der Waals surface area contributed by atoms with Crippen LogP contribution in [0.1, 0.15) is 31.2 Å². The summed E-state index contributed by atoms with van der Waals surface area (Å²) in [5.74, 6) is 0.640. The number of nitrogens with two attached hydrogens (primary N) is 1. The Labute approximate surface area is 125 Å². The van der Waals surface area contributed by atoms with E-state index in [2.05, 4.69) is 22.0 Å². The molecule has 0 radical (unpaired) electrons. The zero-order chi connectivity index (χ0) is 14.7. The third-order valence-corrected chi connectivity index (χ3v) is 4.40. The number of aliphatic hydroxyl groups is 1. The molecule has 1 aliphatic heterocycles. The zero-order valence-electron chi connectivity index (χ0n) is 12.3. The molecule has 1 aromatic carbocycles. The Morgan fingerprint density at radius 3 is 3.05 bits per heavy atom. The number of aliphatic hydroxyl groups excluding tert-OH is 1. The number of pyridine rings is 1. The topological polar surface area (TPSA) is 62.4 Å². The molecule has 0 amide bonds. The molecule has 112 valence electrons. The first-order valence-corrected chi connectivity index (χ1v) is 7.77. The van der Waals surface area contributed by atoms with Crippen molar-refractivity contribution in [2.45, 2.75) is 38.3 Å². The second-order valence-corrected chi connectivity index (χ2v) is 5.86. The molecule has 2 aromatic rings. The van der Waals surface area contributed by atoms with Gasteiger partial charge in [-0.25, -0.2) is 4.98 Å². The summed E-state index contributed by atoms with van der Waals surface area (Å²) in [6.45, 7) is 2.26. The average molecular weight is 285 g/mol. The van der Waals surface area contributed by atoms with Gasteiger partial charge in [-0.2, -0.15) is 0 Å². The van der Waals surface area contributed by atoms with Crippen LogP contribution < -0.4 is 5.73 Å². The van der Waals surface area contributed by atoms with Crippen molar-refractivity contribution >= 4 is 16.7 Å². The lowest BCUT2D eigenvalue weighted by molar-refractivity contribution is 0.210.